The van der Waals surface area contributed by atoms with Gasteiger partial charge in [-0.1, -0.05) is 13.8 Å². The molecule has 0 spiro atoms. The summed E-state index contributed by atoms with van der Waals surface area (Å²) < 4.78 is 17.4. The van der Waals surface area contributed by atoms with Crippen LogP contribution in [0.15, 0.2) is 0 Å². The van der Waals surface area contributed by atoms with Crippen molar-refractivity contribution >= 4 is 5.97 Å². The van der Waals surface area contributed by atoms with Crippen molar-refractivity contribution in [3.63, 3.8) is 0 Å². The van der Waals surface area contributed by atoms with Crippen LogP contribution in [0.4, 0.5) is 0 Å². The van der Waals surface area contributed by atoms with E-state index in [9.17, 15) is 4.79 Å². The van der Waals surface area contributed by atoms with Crippen molar-refractivity contribution in [1.82, 2.24) is 0 Å². The minimum Gasteiger partial charge on any atom is -0.462 e. The highest BCUT2D eigenvalue weighted by Gasteiger charge is 2.62. The number of ether oxygens (including phenoxy) is 3. The molecule has 0 aromatic heterocycles. The highest BCUT2D eigenvalue weighted by molar-refractivity contribution is 5.66. The van der Waals surface area contributed by atoms with Crippen molar-refractivity contribution in [1.29, 1.82) is 0 Å². The molecule has 154 valence electrons. The molecule has 0 N–H and O–H groups in total. The van der Waals surface area contributed by atoms with Gasteiger partial charge in [0.2, 0.25) is 0 Å². The summed E-state index contributed by atoms with van der Waals surface area (Å²) in [6.45, 7) is 6.53. The van der Waals surface area contributed by atoms with Crippen molar-refractivity contribution in [3.05, 3.63) is 0 Å². The Morgan fingerprint density at radius 3 is 2.22 bits per heavy atom. The van der Waals surface area contributed by atoms with E-state index in [1.165, 1.54) is 38.5 Å². The lowest BCUT2D eigenvalue weighted by Crippen LogP contribution is -2.57. The molecule has 4 heteroatoms. The van der Waals surface area contributed by atoms with Crippen LogP contribution < -0.4 is 0 Å². The summed E-state index contributed by atoms with van der Waals surface area (Å²) in [7, 11) is 3.61. The second-order valence-corrected chi connectivity index (χ2v) is 10.4. The second kappa shape index (κ2) is 6.73. The third kappa shape index (κ3) is 2.88. The molecule has 27 heavy (non-hydrogen) atoms. The Labute approximate surface area is 164 Å². The van der Waals surface area contributed by atoms with Crippen molar-refractivity contribution in [2.75, 3.05) is 14.2 Å². The van der Waals surface area contributed by atoms with E-state index >= 15 is 0 Å². The van der Waals surface area contributed by atoms with Crippen LogP contribution in [-0.4, -0.2) is 32.1 Å². The molecule has 0 aromatic carbocycles. The number of carbonyl (C=O) groups excluding carboxylic acids is 1. The third-order valence-electron chi connectivity index (χ3n) is 9.63. The summed E-state index contributed by atoms with van der Waals surface area (Å²) in [6, 6.07) is 0. The quantitative estimate of drug-likeness (QED) is 0.515. The molecule has 4 aliphatic rings. The zero-order valence-electron chi connectivity index (χ0n) is 17.9. The van der Waals surface area contributed by atoms with Gasteiger partial charge in [-0.25, -0.2) is 0 Å². The van der Waals surface area contributed by atoms with Crippen LogP contribution in [0.3, 0.4) is 0 Å². The fourth-order valence-corrected chi connectivity index (χ4v) is 8.00. The van der Waals surface area contributed by atoms with Gasteiger partial charge < -0.3 is 14.2 Å². The number of hydrogen-bond donors (Lipinski definition) is 0. The average molecular weight is 379 g/mol. The molecule has 4 aliphatic carbocycles. The molecule has 0 radical (unpaired) electrons. The van der Waals surface area contributed by atoms with Crippen molar-refractivity contribution in [2.24, 2.45) is 34.5 Å². The predicted octanol–water partition coefficient (Wildman–Crippen LogP) is 4.95. The lowest BCUT2D eigenvalue weighted by Gasteiger charge is -2.62. The van der Waals surface area contributed by atoms with Crippen LogP contribution in [0.1, 0.15) is 78.6 Å². The summed E-state index contributed by atoms with van der Waals surface area (Å²) in [5, 5.41) is 0. The van der Waals surface area contributed by atoms with E-state index in [1.54, 1.807) is 21.1 Å². The minimum absolute atomic E-state index is 0.109. The van der Waals surface area contributed by atoms with Crippen LogP contribution in [0.2, 0.25) is 0 Å². The third-order valence-corrected chi connectivity index (χ3v) is 9.63. The first-order valence-corrected chi connectivity index (χ1v) is 11.1. The van der Waals surface area contributed by atoms with Gasteiger partial charge in [-0.2, -0.15) is 0 Å². The Morgan fingerprint density at radius 1 is 0.852 bits per heavy atom. The fourth-order valence-electron chi connectivity index (χ4n) is 8.00. The summed E-state index contributed by atoms with van der Waals surface area (Å²) in [5.74, 6) is 2.54. The molecular formula is C23H38O4. The smallest absolute Gasteiger partial charge is 0.302 e. The van der Waals surface area contributed by atoms with Gasteiger partial charge in [-0.3, -0.25) is 4.79 Å². The van der Waals surface area contributed by atoms with Crippen LogP contribution in [0, 0.1) is 34.5 Å². The van der Waals surface area contributed by atoms with Gasteiger partial charge in [0.05, 0.1) is 0 Å². The van der Waals surface area contributed by atoms with Gasteiger partial charge in [-0.05, 0) is 74.0 Å². The maximum atomic E-state index is 11.6. The Balaban J connectivity index is 1.55. The highest BCUT2D eigenvalue weighted by atomic mass is 16.7. The molecule has 0 saturated heterocycles. The topological polar surface area (TPSA) is 44.8 Å². The van der Waals surface area contributed by atoms with Gasteiger partial charge in [0.25, 0.3) is 0 Å². The van der Waals surface area contributed by atoms with Crippen LogP contribution in [0.25, 0.3) is 0 Å². The minimum atomic E-state index is -0.367. The molecule has 0 aromatic rings. The van der Waals surface area contributed by atoms with E-state index in [0.29, 0.717) is 11.3 Å². The fraction of sp³-hybridized carbons (Fsp3) is 0.957. The van der Waals surface area contributed by atoms with Crippen molar-refractivity contribution in [3.8, 4) is 0 Å². The second-order valence-electron chi connectivity index (χ2n) is 10.4. The molecule has 0 heterocycles. The Bertz CT molecular complexity index is 585. The maximum absolute atomic E-state index is 11.6. The molecule has 0 amide bonds. The first kappa shape index (κ1) is 19.7. The van der Waals surface area contributed by atoms with Crippen molar-refractivity contribution in [2.45, 2.75) is 90.4 Å². The molecule has 0 unspecified atom stereocenters. The van der Waals surface area contributed by atoms with Gasteiger partial charge in [0.1, 0.15) is 6.10 Å². The number of methoxy groups -OCH3 is 2. The monoisotopic (exact) mass is 378 g/mol. The summed E-state index contributed by atoms with van der Waals surface area (Å²) in [6.07, 6.45) is 10.8. The Hall–Kier alpha value is -0.610. The molecule has 0 aliphatic heterocycles. The SMILES string of the molecule is COC1(OC)CC[C@@]2(C)[C@@H](CC[C@@H]3[C@H]4CC[C@H](OC(C)=O)[C@@]4(C)CC[C@@H]32)C1. The molecule has 4 saturated carbocycles. The molecule has 4 fully saturated rings. The van der Waals surface area contributed by atoms with Gasteiger partial charge in [0.15, 0.2) is 5.79 Å². The van der Waals surface area contributed by atoms with Gasteiger partial charge >= 0.3 is 5.97 Å². The van der Waals surface area contributed by atoms with Crippen LogP contribution >= 0.6 is 0 Å². The maximum Gasteiger partial charge on any atom is 0.302 e. The van der Waals surface area contributed by atoms with Crippen molar-refractivity contribution < 1.29 is 19.0 Å². The molecule has 4 nitrogen and oxygen atoms in total. The Kier molecular flexibility index (Phi) is 4.91. The summed E-state index contributed by atoms with van der Waals surface area (Å²) >= 11 is 0. The number of rotatable bonds is 3. The van der Waals surface area contributed by atoms with E-state index in [0.717, 1.165) is 37.0 Å². The largest absolute Gasteiger partial charge is 0.462 e. The molecule has 0 bridgehead atoms. The lowest BCUT2D eigenvalue weighted by molar-refractivity contribution is -0.261. The number of esters is 1. The van der Waals surface area contributed by atoms with Crippen LogP contribution in [0.5, 0.6) is 0 Å². The van der Waals surface area contributed by atoms with E-state index in [-0.39, 0.29) is 23.3 Å². The van der Waals surface area contributed by atoms with E-state index in [2.05, 4.69) is 13.8 Å². The molecular weight excluding hydrogens is 340 g/mol. The highest BCUT2D eigenvalue weighted by Crippen LogP contribution is 2.67. The number of fused-ring (bicyclic) bond motifs is 5. The van der Waals surface area contributed by atoms with E-state index in [4.69, 9.17) is 14.2 Å². The average Bonchev–Trinajstić information content (AvgIpc) is 2.97. The number of hydrogen-bond acceptors (Lipinski definition) is 4. The Morgan fingerprint density at radius 2 is 1.56 bits per heavy atom. The first-order chi connectivity index (χ1) is 12.8. The molecule has 4 rings (SSSR count). The van der Waals surface area contributed by atoms with Gasteiger partial charge in [0, 0.05) is 39.4 Å². The summed E-state index contributed by atoms with van der Waals surface area (Å²) in [5.41, 5.74) is 0.595. The lowest BCUT2D eigenvalue weighted by atomic mass is 9.45. The normalized spacial score (nSPS) is 48.3. The van der Waals surface area contributed by atoms with Gasteiger partial charge in [-0.15, -0.1) is 0 Å². The zero-order chi connectivity index (χ0) is 19.4. The van der Waals surface area contributed by atoms with Crippen LogP contribution in [-0.2, 0) is 19.0 Å². The number of carbonyl (C=O) groups is 1. The summed E-state index contributed by atoms with van der Waals surface area (Å²) in [4.78, 5) is 11.6. The first-order valence-electron chi connectivity index (χ1n) is 11.1. The standard InChI is InChI=1S/C23H38O4/c1-15(24)27-20-9-8-18-17-7-6-16-14-23(25-4,26-5)13-12-21(16,2)19(17)10-11-22(18,20)3/h16-20H,6-14H2,1-5H3/t16-,17+,18+,19-,20-,21-,22-/m0/s1. The predicted molar refractivity (Wildman–Crippen MR) is 104 cm³/mol. The van der Waals surface area contributed by atoms with E-state index < -0.39 is 0 Å². The van der Waals surface area contributed by atoms with E-state index in [1.807, 2.05) is 0 Å². The zero-order valence-corrected chi connectivity index (χ0v) is 17.9. The molecule has 7 atom stereocenters.